The van der Waals surface area contributed by atoms with Gasteiger partial charge >= 0.3 is 20.8 Å². The Bertz CT molecular complexity index is 330. The van der Waals surface area contributed by atoms with Gasteiger partial charge in [0.2, 0.25) is 0 Å². The fourth-order valence-electron chi connectivity index (χ4n) is 0.685. The zero-order valence-electron chi connectivity index (χ0n) is 6.94. The predicted molar refractivity (Wildman–Crippen MR) is 41.6 cm³/mol. The normalized spacial score (nSPS) is 16.1. The Labute approximate surface area is 76.0 Å². The molecule has 0 aliphatic heterocycles. The molecule has 80 valence electrons. The average Bonchev–Trinajstić information content (AvgIpc) is 1.80. The number of nitrogens with zero attached hydrogens (tertiary/aromatic N) is 1. The maximum absolute atomic E-state index is 12.3. The number of hydrogen-bond donors (Lipinski definition) is 0. The van der Waals surface area contributed by atoms with Gasteiger partial charge < -0.3 is 0 Å². The minimum Gasteiger partial charge on any atom is -0.176 e. The van der Waals surface area contributed by atoms with Crippen LogP contribution in [0.2, 0.25) is 0 Å². The van der Waals surface area contributed by atoms with Gasteiger partial charge in [0.25, 0.3) is 0 Å². The molecule has 0 spiro atoms. The molecule has 13 heavy (non-hydrogen) atoms. The molecule has 0 aliphatic carbocycles. The summed E-state index contributed by atoms with van der Waals surface area (Å²) in [5, 5.41) is 0. The van der Waals surface area contributed by atoms with Crippen LogP contribution in [0.4, 0.5) is 7.77 Å². The standard InChI is InChI=1S/C4H9F2NO4S2/c1-3-4(2)7(12(5,8)9)13(6,10)11/h4H,3H2,1-2H3. The molecule has 9 heteroatoms. The largest absolute Gasteiger partial charge is 0.390 e. The van der Waals surface area contributed by atoms with Crippen LogP contribution in [0.3, 0.4) is 0 Å². The third-order valence-corrected chi connectivity index (χ3v) is 4.03. The lowest BCUT2D eigenvalue weighted by Crippen LogP contribution is -2.38. The van der Waals surface area contributed by atoms with Crippen molar-refractivity contribution in [2.45, 2.75) is 26.3 Å². The molecule has 0 bridgehead atoms. The second-order valence-electron chi connectivity index (χ2n) is 2.37. The molecule has 0 radical (unpaired) electrons. The molecule has 0 amide bonds. The molecule has 1 unspecified atom stereocenters. The summed E-state index contributed by atoms with van der Waals surface area (Å²) in [4.78, 5) is 0. The van der Waals surface area contributed by atoms with Gasteiger partial charge in [-0.15, -0.1) is 0 Å². The van der Waals surface area contributed by atoms with Gasteiger partial charge in [-0.2, -0.15) is 16.8 Å². The van der Waals surface area contributed by atoms with Gasteiger partial charge in [0, 0.05) is 6.04 Å². The SMILES string of the molecule is CCC(C)N(S(=O)(=O)F)S(=O)(=O)F. The predicted octanol–water partition coefficient (Wildman–Crippen LogP) is 0.516. The Morgan fingerprint density at radius 1 is 1.15 bits per heavy atom. The lowest BCUT2D eigenvalue weighted by molar-refractivity contribution is 0.391. The highest BCUT2D eigenvalue weighted by Crippen LogP contribution is 2.17. The first kappa shape index (κ1) is 12.7. The Balaban J connectivity index is 5.27. The molecule has 5 nitrogen and oxygen atoms in total. The summed E-state index contributed by atoms with van der Waals surface area (Å²) in [7, 11) is -11.1. The van der Waals surface area contributed by atoms with Gasteiger partial charge in [0.15, 0.2) is 0 Å². The van der Waals surface area contributed by atoms with Crippen molar-refractivity contribution in [2.75, 3.05) is 0 Å². The van der Waals surface area contributed by atoms with Crippen molar-refractivity contribution in [1.82, 2.24) is 3.71 Å². The van der Waals surface area contributed by atoms with E-state index in [1.807, 2.05) is 0 Å². The van der Waals surface area contributed by atoms with Crippen molar-refractivity contribution < 1.29 is 24.6 Å². The Morgan fingerprint density at radius 3 is 1.54 bits per heavy atom. The van der Waals surface area contributed by atoms with Crippen LogP contribution in [0.15, 0.2) is 0 Å². The van der Waals surface area contributed by atoms with Crippen LogP contribution in [0.1, 0.15) is 20.3 Å². The minimum absolute atomic E-state index is 0.0215. The van der Waals surface area contributed by atoms with Crippen LogP contribution in [-0.2, 0) is 20.8 Å². The Morgan fingerprint density at radius 2 is 1.46 bits per heavy atom. The maximum Gasteiger partial charge on any atom is 0.390 e. The van der Waals surface area contributed by atoms with Gasteiger partial charge in [-0.3, -0.25) is 0 Å². The van der Waals surface area contributed by atoms with Crippen molar-refractivity contribution in [3.8, 4) is 0 Å². The van der Waals surface area contributed by atoms with Crippen LogP contribution in [0.25, 0.3) is 0 Å². The summed E-state index contributed by atoms with van der Waals surface area (Å²) in [6.45, 7) is 2.47. The minimum atomic E-state index is -5.56. The highest BCUT2D eigenvalue weighted by Gasteiger charge is 2.37. The third-order valence-electron chi connectivity index (χ3n) is 1.38. The highest BCUT2D eigenvalue weighted by molar-refractivity contribution is 7.99. The second kappa shape index (κ2) is 3.84. The van der Waals surface area contributed by atoms with Crippen LogP contribution < -0.4 is 0 Å². The van der Waals surface area contributed by atoms with E-state index < -0.39 is 30.6 Å². The van der Waals surface area contributed by atoms with E-state index in [1.54, 1.807) is 0 Å². The fourth-order valence-corrected chi connectivity index (χ4v) is 2.69. The van der Waals surface area contributed by atoms with E-state index in [-0.39, 0.29) is 6.42 Å². The van der Waals surface area contributed by atoms with Crippen LogP contribution >= 0.6 is 0 Å². The topological polar surface area (TPSA) is 71.5 Å². The molecule has 0 saturated carbocycles. The van der Waals surface area contributed by atoms with Crippen molar-refractivity contribution in [1.29, 1.82) is 0 Å². The lowest BCUT2D eigenvalue weighted by Gasteiger charge is -2.17. The van der Waals surface area contributed by atoms with E-state index in [4.69, 9.17) is 0 Å². The Hall–Kier alpha value is -0.280. The monoisotopic (exact) mass is 237 g/mol. The molecule has 0 saturated heterocycles. The quantitative estimate of drug-likeness (QED) is 0.668. The van der Waals surface area contributed by atoms with Gasteiger partial charge in [-0.05, 0) is 17.1 Å². The van der Waals surface area contributed by atoms with E-state index in [2.05, 4.69) is 0 Å². The average molecular weight is 237 g/mol. The summed E-state index contributed by atoms with van der Waals surface area (Å²) in [5.41, 5.74) is 0. The van der Waals surface area contributed by atoms with Crippen molar-refractivity contribution in [3.63, 3.8) is 0 Å². The van der Waals surface area contributed by atoms with Gasteiger partial charge in [-0.25, -0.2) is 0 Å². The molecule has 1 atom stereocenters. The van der Waals surface area contributed by atoms with E-state index in [1.165, 1.54) is 6.92 Å². The smallest absolute Gasteiger partial charge is 0.176 e. The Kier molecular flexibility index (Phi) is 3.76. The fraction of sp³-hybridized carbons (Fsp3) is 1.00. The van der Waals surface area contributed by atoms with Crippen LogP contribution in [0.5, 0.6) is 0 Å². The van der Waals surface area contributed by atoms with E-state index in [0.717, 1.165) is 6.92 Å². The zero-order valence-corrected chi connectivity index (χ0v) is 8.57. The molecule has 0 N–H and O–H groups in total. The zero-order chi connectivity index (χ0) is 10.9. The first-order chi connectivity index (χ1) is 5.60. The molecular weight excluding hydrogens is 228 g/mol. The molecule has 0 fully saturated rings. The molecule has 0 aromatic heterocycles. The van der Waals surface area contributed by atoms with Crippen molar-refractivity contribution in [2.24, 2.45) is 0 Å². The van der Waals surface area contributed by atoms with E-state index >= 15 is 0 Å². The molecule has 0 heterocycles. The van der Waals surface area contributed by atoms with Crippen LogP contribution in [0, 0.1) is 0 Å². The van der Waals surface area contributed by atoms with E-state index in [0.29, 0.717) is 0 Å². The molecule has 0 aromatic carbocycles. The van der Waals surface area contributed by atoms with E-state index in [9.17, 15) is 24.6 Å². The summed E-state index contributed by atoms with van der Waals surface area (Å²) < 4.78 is 64.6. The van der Waals surface area contributed by atoms with Gasteiger partial charge in [0.05, 0.1) is 0 Å². The van der Waals surface area contributed by atoms with Crippen LogP contribution in [-0.4, -0.2) is 26.6 Å². The summed E-state index contributed by atoms with van der Waals surface area (Å²) in [6.07, 6.45) is -0.0215. The summed E-state index contributed by atoms with van der Waals surface area (Å²) in [6, 6.07) is -1.27. The first-order valence-electron chi connectivity index (χ1n) is 3.29. The first-order valence-corrected chi connectivity index (χ1v) is 5.97. The lowest BCUT2D eigenvalue weighted by atomic mass is 10.3. The molecule has 0 aromatic rings. The van der Waals surface area contributed by atoms with Gasteiger partial charge in [-0.1, -0.05) is 14.7 Å². The molecular formula is C4H9F2NO4S2. The summed E-state index contributed by atoms with van der Waals surface area (Å²) >= 11 is 0. The second-order valence-corrected chi connectivity index (χ2v) is 5.03. The molecule has 0 rings (SSSR count). The van der Waals surface area contributed by atoms with Gasteiger partial charge in [0.1, 0.15) is 0 Å². The van der Waals surface area contributed by atoms with Crippen molar-refractivity contribution in [3.05, 3.63) is 0 Å². The summed E-state index contributed by atoms with van der Waals surface area (Å²) in [5.74, 6) is 0. The maximum atomic E-state index is 12.3. The van der Waals surface area contributed by atoms with Crippen molar-refractivity contribution >= 4 is 20.8 Å². The molecule has 0 aliphatic rings. The number of rotatable bonds is 4. The number of hydrogen-bond acceptors (Lipinski definition) is 4. The number of halogens is 2. The highest BCUT2D eigenvalue weighted by atomic mass is 32.3. The third kappa shape index (κ3) is 3.53.